The third-order valence-corrected chi connectivity index (χ3v) is 5.28. The normalized spacial score (nSPS) is 11.8. The molecule has 0 saturated carbocycles. The summed E-state index contributed by atoms with van der Waals surface area (Å²) in [5.74, 6) is 0.221. The molecule has 29 heavy (non-hydrogen) atoms. The molecule has 4 nitrogen and oxygen atoms in total. The van der Waals surface area contributed by atoms with Gasteiger partial charge in [0.2, 0.25) is 0 Å². The average Bonchev–Trinajstić information content (AvgIpc) is 3.12. The van der Waals surface area contributed by atoms with Crippen LogP contribution in [0.4, 0.5) is 4.39 Å². The summed E-state index contributed by atoms with van der Waals surface area (Å²) >= 11 is 6.33. The fourth-order valence-electron chi connectivity index (χ4n) is 3.31. The van der Waals surface area contributed by atoms with E-state index in [0.29, 0.717) is 21.9 Å². The van der Waals surface area contributed by atoms with Gasteiger partial charge in [-0.1, -0.05) is 17.7 Å². The van der Waals surface area contributed by atoms with Gasteiger partial charge in [0.25, 0.3) is 0 Å². The van der Waals surface area contributed by atoms with Gasteiger partial charge in [-0.05, 0) is 67.9 Å². The van der Waals surface area contributed by atoms with Crippen molar-refractivity contribution in [2.24, 2.45) is 0 Å². The maximum Gasteiger partial charge on any atom is 0.131 e. The SMILES string of the molecule is COc1ccc(Cl)c(-c2cc(-n3cnc4cc(C(C)(C)O)ccc43)ccc2F)c1. The number of ether oxygens (including phenoxy) is 1. The minimum Gasteiger partial charge on any atom is -0.497 e. The summed E-state index contributed by atoms with van der Waals surface area (Å²) in [5.41, 5.74) is 3.10. The smallest absolute Gasteiger partial charge is 0.131 e. The number of aliphatic hydroxyl groups is 1. The Balaban J connectivity index is 1.85. The van der Waals surface area contributed by atoms with Crippen molar-refractivity contribution in [3.63, 3.8) is 0 Å². The Morgan fingerprint density at radius 1 is 1.03 bits per heavy atom. The van der Waals surface area contributed by atoms with Crippen molar-refractivity contribution in [2.45, 2.75) is 19.4 Å². The fraction of sp³-hybridized carbons (Fsp3) is 0.174. The molecular formula is C23H20ClFN2O2. The molecule has 4 rings (SSSR count). The van der Waals surface area contributed by atoms with Crippen molar-refractivity contribution < 1.29 is 14.2 Å². The predicted molar refractivity (Wildman–Crippen MR) is 113 cm³/mol. The third-order valence-electron chi connectivity index (χ3n) is 4.95. The molecule has 0 amide bonds. The first-order valence-corrected chi connectivity index (χ1v) is 9.49. The van der Waals surface area contributed by atoms with Gasteiger partial charge in [0.15, 0.2) is 0 Å². The number of benzene rings is 3. The first-order chi connectivity index (χ1) is 13.8. The van der Waals surface area contributed by atoms with Gasteiger partial charge in [-0.15, -0.1) is 0 Å². The van der Waals surface area contributed by atoms with Gasteiger partial charge in [0.05, 0.1) is 23.7 Å². The number of nitrogens with zero attached hydrogens (tertiary/aromatic N) is 2. The van der Waals surface area contributed by atoms with Crippen LogP contribution in [-0.2, 0) is 5.60 Å². The predicted octanol–water partition coefficient (Wildman–Crippen LogP) is 5.72. The minimum absolute atomic E-state index is 0.376. The summed E-state index contributed by atoms with van der Waals surface area (Å²) in [5, 5.41) is 10.7. The third kappa shape index (κ3) is 3.59. The zero-order valence-corrected chi connectivity index (χ0v) is 17.0. The van der Waals surface area contributed by atoms with Crippen LogP contribution in [0, 0.1) is 5.82 Å². The number of imidazole rings is 1. The molecule has 0 saturated heterocycles. The number of fused-ring (bicyclic) bond motifs is 1. The molecule has 0 unspecified atom stereocenters. The number of aromatic nitrogens is 2. The van der Waals surface area contributed by atoms with Crippen molar-refractivity contribution in [3.8, 4) is 22.6 Å². The summed E-state index contributed by atoms with van der Waals surface area (Å²) in [4.78, 5) is 4.45. The molecule has 0 spiro atoms. The summed E-state index contributed by atoms with van der Waals surface area (Å²) < 4.78 is 21.8. The van der Waals surface area contributed by atoms with Crippen LogP contribution in [0.25, 0.3) is 27.8 Å². The Morgan fingerprint density at radius 2 is 1.83 bits per heavy atom. The molecule has 6 heteroatoms. The quantitative estimate of drug-likeness (QED) is 0.468. The number of methoxy groups -OCH3 is 1. The van der Waals surface area contributed by atoms with Crippen LogP contribution in [-0.4, -0.2) is 21.8 Å². The van der Waals surface area contributed by atoms with Crippen LogP contribution in [0.3, 0.4) is 0 Å². The van der Waals surface area contributed by atoms with E-state index in [2.05, 4.69) is 4.98 Å². The molecule has 0 aliphatic heterocycles. The Labute approximate surface area is 173 Å². The molecule has 4 aromatic rings. The van der Waals surface area contributed by atoms with Crippen LogP contribution in [0.5, 0.6) is 5.75 Å². The van der Waals surface area contributed by atoms with E-state index in [4.69, 9.17) is 16.3 Å². The highest BCUT2D eigenvalue weighted by Gasteiger charge is 2.18. The summed E-state index contributed by atoms with van der Waals surface area (Å²) in [6.07, 6.45) is 1.68. The highest BCUT2D eigenvalue weighted by Crippen LogP contribution is 2.35. The summed E-state index contributed by atoms with van der Waals surface area (Å²) in [6, 6.07) is 15.6. The maximum atomic E-state index is 14.7. The second kappa shape index (κ2) is 7.17. The van der Waals surface area contributed by atoms with E-state index in [-0.39, 0.29) is 5.82 Å². The average molecular weight is 411 g/mol. The van der Waals surface area contributed by atoms with Crippen LogP contribution in [0.1, 0.15) is 19.4 Å². The number of halogens is 2. The summed E-state index contributed by atoms with van der Waals surface area (Å²) in [7, 11) is 1.55. The van der Waals surface area contributed by atoms with Crippen LogP contribution in [0.2, 0.25) is 5.02 Å². The number of hydrogen-bond acceptors (Lipinski definition) is 3. The Bertz CT molecular complexity index is 1210. The lowest BCUT2D eigenvalue weighted by atomic mass is 9.98. The molecule has 1 N–H and O–H groups in total. The molecule has 1 aromatic heterocycles. The lowest BCUT2D eigenvalue weighted by Gasteiger charge is -2.17. The highest BCUT2D eigenvalue weighted by molar-refractivity contribution is 6.33. The monoisotopic (exact) mass is 410 g/mol. The molecule has 148 valence electrons. The summed E-state index contributed by atoms with van der Waals surface area (Å²) in [6.45, 7) is 3.46. The number of rotatable bonds is 4. The van der Waals surface area contributed by atoms with Crippen molar-refractivity contribution in [1.29, 1.82) is 0 Å². The van der Waals surface area contributed by atoms with Crippen molar-refractivity contribution >= 4 is 22.6 Å². The molecule has 0 aliphatic carbocycles. The van der Waals surface area contributed by atoms with E-state index in [0.717, 1.165) is 22.3 Å². The molecule has 0 radical (unpaired) electrons. The van der Waals surface area contributed by atoms with Crippen LogP contribution < -0.4 is 4.74 Å². The van der Waals surface area contributed by atoms with Gasteiger partial charge in [-0.3, -0.25) is 4.57 Å². The van der Waals surface area contributed by atoms with Gasteiger partial charge in [0, 0.05) is 21.8 Å². The zero-order valence-electron chi connectivity index (χ0n) is 16.3. The Hall–Kier alpha value is -2.89. The molecule has 1 heterocycles. The van der Waals surface area contributed by atoms with Gasteiger partial charge in [-0.2, -0.15) is 0 Å². The van der Waals surface area contributed by atoms with Crippen molar-refractivity contribution in [2.75, 3.05) is 7.11 Å². The van der Waals surface area contributed by atoms with Gasteiger partial charge >= 0.3 is 0 Å². The van der Waals surface area contributed by atoms with E-state index in [1.807, 2.05) is 22.8 Å². The minimum atomic E-state index is -0.954. The standard InChI is InChI=1S/C23H20ClFN2O2/c1-23(2,28)14-4-9-22-21(10-14)26-13-27(22)15-5-8-20(25)18(11-15)17-12-16(29-3)6-7-19(17)24/h4-13,28H,1-3H3. The molecular weight excluding hydrogens is 391 g/mol. The number of hydrogen-bond donors (Lipinski definition) is 1. The molecule has 0 fully saturated rings. The molecule has 0 atom stereocenters. The Kier molecular flexibility index (Phi) is 4.81. The lowest BCUT2D eigenvalue weighted by Crippen LogP contribution is -2.15. The van der Waals surface area contributed by atoms with E-state index in [1.165, 1.54) is 6.07 Å². The van der Waals surface area contributed by atoms with Gasteiger partial charge in [0.1, 0.15) is 17.9 Å². The topological polar surface area (TPSA) is 47.3 Å². The van der Waals surface area contributed by atoms with Gasteiger partial charge < -0.3 is 9.84 Å². The second-order valence-corrected chi connectivity index (χ2v) is 7.79. The van der Waals surface area contributed by atoms with Crippen LogP contribution >= 0.6 is 11.6 Å². The maximum absolute atomic E-state index is 14.7. The lowest BCUT2D eigenvalue weighted by molar-refractivity contribution is 0.0787. The molecule has 3 aromatic carbocycles. The van der Waals surface area contributed by atoms with Gasteiger partial charge in [-0.25, -0.2) is 9.37 Å². The second-order valence-electron chi connectivity index (χ2n) is 7.39. The van der Waals surface area contributed by atoms with E-state index >= 15 is 0 Å². The van der Waals surface area contributed by atoms with E-state index in [9.17, 15) is 9.50 Å². The zero-order chi connectivity index (χ0) is 20.8. The molecule has 0 bridgehead atoms. The highest BCUT2D eigenvalue weighted by atomic mass is 35.5. The first-order valence-electron chi connectivity index (χ1n) is 9.12. The molecule has 0 aliphatic rings. The van der Waals surface area contributed by atoms with E-state index in [1.54, 1.807) is 57.6 Å². The Morgan fingerprint density at radius 3 is 2.55 bits per heavy atom. The largest absolute Gasteiger partial charge is 0.497 e. The van der Waals surface area contributed by atoms with Crippen molar-refractivity contribution in [3.05, 3.63) is 77.3 Å². The first kappa shape index (κ1) is 19.4. The van der Waals surface area contributed by atoms with Crippen molar-refractivity contribution in [1.82, 2.24) is 9.55 Å². The fourth-order valence-corrected chi connectivity index (χ4v) is 3.53. The van der Waals surface area contributed by atoms with E-state index < -0.39 is 5.60 Å². The van der Waals surface area contributed by atoms with Crippen LogP contribution in [0.15, 0.2) is 60.9 Å².